The number of H-pyrrole nitrogens is 1. The molecule has 1 aliphatic heterocycles. The molecule has 6 nitrogen and oxygen atoms in total. The minimum Gasteiger partial charge on any atom is -0.508 e. The standard InChI is InChI=1S/C23H28FN5O/c1-14-11-29(23(13-25-14)7-3-4-8-23)12-16-9-20(18-6-5-17(30)10-19(18)24)26-22-21(16)15(2)27-28-22/h5-6,9-10,14,25,30H,3-4,7-8,11-13H2,1-2H3,(H,26,27,28). The molecular formula is C23H28FN5O. The molecule has 158 valence electrons. The minimum atomic E-state index is -0.480. The van der Waals surface area contributed by atoms with E-state index in [1.807, 2.05) is 13.0 Å². The average Bonchev–Trinajstić information content (AvgIpc) is 3.33. The highest BCUT2D eigenvalue weighted by Gasteiger charge is 2.42. The third kappa shape index (κ3) is 3.26. The highest BCUT2D eigenvalue weighted by Crippen LogP contribution is 2.39. The Morgan fingerprint density at radius 2 is 2.07 bits per heavy atom. The monoisotopic (exact) mass is 409 g/mol. The smallest absolute Gasteiger partial charge is 0.156 e. The van der Waals surface area contributed by atoms with Gasteiger partial charge in [0.2, 0.25) is 0 Å². The van der Waals surface area contributed by atoms with Gasteiger partial charge in [-0.25, -0.2) is 9.37 Å². The number of aromatic amines is 1. The van der Waals surface area contributed by atoms with Gasteiger partial charge in [-0.15, -0.1) is 0 Å². The molecule has 0 amide bonds. The fraction of sp³-hybridized carbons (Fsp3) is 0.478. The molecule has 2 fully saturated rings. The van der Waals surface area contributed by atoms with Crippen molar-refractivity contribution in [3.05, 3.63) is 41.3 Å². The number of aromatic nitrogens is 3. The lowest BCUT2D eigenvalue weighted by Gasteiger charge is -2.48. The van der Waals surface area contributed by atoms with Crippen LogP contribution in [0.3, 0.4) is 0 Å². The second kappa shape index (κ2) is 7.32. The number of nitrogens with one attached hydrogen (secondary N) is 2. The summed E-state index contributed by atoms with van der Waals surface area (Å²) in [6.07, 6.45) is 4.97. The van der Waals surface area contributed by atoms with Crippen LogP contribution >= 0.6 is 0 Å². The molecule has 0 bridgehead atoms. The Bertz CT molecular complexity index is 1090. The number of hydrogen-bond acceptors (Lipinski definition) is 5. The molecule has 2 aromatic heterocycles. The minimum absolute atomic E-state index is 0.0899. The highest BCUT2D eigenvalue weighted by molar-refractivity contribution is 5.84. The molecule has 3 N–H and O–H groups in total. The number of piperazine rings is 1. The van der Waals surface area contributed by atoms with E-state index in [4.69, 9.17) is 0 Å². The Balaban J connectivity index is 1.60. The summed E-state index contributed by atoms with van der Waals surface area (Å²) in [4.78, 5) is 7.27. The first-order valence-electron chi connectivity index (χ1n) is 10.8. The summed E-state index contributed by atoms with van der Waals surface area (Å²) in [6, 6.07) is 6.64. The first kappa shape index (κ1) is 19.5. The zero-order valence-corrected chi connectivity index (χ0v) is 17.5. The summed E-state index contributed by atoms with van der Waals surface area (Å²) in [5.41, 5.74) is 3.85. The molecule has 0 radical (unpaired) electrons. The fourth-order valence-electron chi connectivity index (χ4n) is 5.28. The Morgan fingerprint density at radius 1 is 1.27 bits per heavy atom. The number of nitrogens with zero attached hydrogens (tertiary/aromatic N) is 3. The molecule has 1 aliphatic carbocycles. The van der Waals surface area contributed by atoms with Crippen LogP contribution < -0.4 is 5.32 Å². The summed E-state index contributed by atoms with van der Waals surface area (Å²) in [6.45, 7) is 7.02. The van der Waals surface area contributed by atoms with Crippen molar-refractivity contribution in [3.8, 4) is 17.0 Å². The quantitative estimate of drug-likeness (QED) is 0.612. The second-order valence-corrected chi connectivity index (χ2v) is 8.96. The lowest BCUT2D eigenvalue weighted by Crippen LogP contribution is -2.62. The molecule has 1 unspecified atom stereocenters. The number of fused-ring (bicyclic) bond motifs is 1. The van der Waals surface area contributed by atoms with Gasteiger partial charge < -0.3 is 10.4 Å². The summed E-state index contributed by atoms with van der Waals surface area (Å²) >= 11 is 0. The van der Waals surface area contributed by atoms with E-state index in [0.29, 0.717) is 22.9 Å². The molecule has 1 aromatic carbocycles. The van der Waals surface area contributed by atoms with Crippen molar-refractivity contribution in [2.24, 2.45) is 0 Å². The van der Waals surface area contributed by atoms with Crippen LogP contribution in [0.25, 0.3) is 22.3 Å². The van der Waals surface area contributed by atoms with Crippen molar-refractivity contribution < 1.29 is 9.50 Å². The predicted octanol–water partition coefficient (Wildman–Crippen LogP) is 3.88. The lowest BCUT2D eigenvalue weighted by molar-refractivity contribution is 0.0396. The number of pyridine rings is 1. The summed E-state index contributed by atoms with van der Waals surface area (Å²) < 4.78 is 14.6. The Hall–Kier alpha value is -2.51. The zero-order chi connectivity index (χ0) is 20.9. The van der Waals surface area contributed by atoms with Crippen molar-refractivity contribution >= 4 is 11.0 Å². The number of aromatic hydroxyl groups is 1. The lowest BCUT2D eigenvalue weighted by atomic mass is 9.90. The maximum absolute atomic E-state index is 14.6. The van der Waals surface area contributed by atoms with Gasteiger partial charge in [-0.3, -0.25) is 10.00 Å². The second-order valence-electron chi connectivity index (χ2n) is 8.96. The molecule has 5 rings (SSSR count). The maximum atomic E-state index is 14.6. The van der Waals surface area contributed by atoms with Crippen LogP contribution in [0.5, 0.6) is 5.75 Å². The maximum Gasteiger partial charge on any atom is 0.156 e. The van der Waals surface area contributed by atoms with Crippen LogP contribution in [-0.4, -0.2) is 49.9 Å². The van der Waals surface area contributed by atoms with E-state index in [9.17, 15) is 9.50 Å². The number of phenols is 1. The van der Waals surface area contributed by atoms with E-state index in [0.717, 1.165) is 42.3 Å². The summed E-state index contributed by atoms with van der Waals surface area (Å²) in [5.74, 6) is -0.569. The Labute approximate surface area is 175 Å². The van der Waals surface area contributed by atoms with Gasteiger partial charge in [0.25, 0.3) is 0 Å². The zero-order valence-electron chi connectivity index (χ0n) is 17.5. The van der Waals surface area contributed by atoms with E-state index in [1.54, 1.807) is 6.07 Å². The number of phenolic OH excluding ortho intramolecular Hbond substituents is 1. The number of aryl methyl sites for hydroxylation is 1. The van der Waals surface area contributed by atoms with Crippen molar-refractivity contribution in [1.29, 1.82) is 0 Å². The SMILES string of the molecule is Cc1n[nH]c2nc(-c3ccc(O)cc3F)cc(CN3CC(C)NCC34CCCC4)c12. The molecule has 1 saturated heterocycles. The molecular weight excluding hydrogens is 381 g/mol. The molecule has 1 saturated carbocycles. The van der Waals surface area contributed by atoms with Crippen molar-refractivity contribution in [2.45, 2.75) is 57.7 Å². The Kier molecular flexibility index (Phi) is 4.75. The van der Waals surface area contributed by atoms with Crippen LogP contribution in [0.2, 0.25) is 0 Å². The van der Waals surface area contributed by atoms with Crippen molar-refractivity contribution in [2.75, 3.05) is 13.1 Å². The molecule has 1 atom stereocenters. The first-order valence-corrected chi connectivity index (χ1v) is 10.8. The molecule has 2 aliphatic rings. The molecule has 3 heterocycles. The van der Waals surface area contributed by atoms with Crippen LogP contribution in [0.4, 0.5) is 4.39 Å². The van der Waals surface area contributed by atoms with Gasteiger partial charge in [-0.05, 0) is 50.5 Å². The van der Waals surface area contributed by atoms with Gasteiger partial charge in [-0.1, -0.05) is 12.8 Å². The van der Waals surface area contributed by atoms with Gasteiger partial charge in [0.1, 0.15) is 11.6 Å². The molecule has 7 heteroatoms. The van der Waals surface area contributed by atoms with E-state index >= 15 is 0 Å². The van der Waals surface area contributed by atoms with E-state index < -0.39 is 5.82 Å². The van der Waals surface area contributed by atoms with Gasteiger partial charge >= 0.3 is 0 Å². The summed E-state index contributed by atoms with van der Waals surface area (Å²) in [7, 11) is 0. The molecule has 1 spiro atoms. The van der Waals surface area contributed by atoms with Crippen LogP contribution in [-0.2, 0) is 6.54 Å². The van der Waals surface area contributed by atoms with E-state index in [-0.39, 0.29) is 11.3 Å². The topological polar surface area (TPSA) is 77.1 Å². The van der Waals surface area contributed by atoms with Gasteiger partial charge in [0, 0.05) is 48.2 Å². The van der Waals surface area contributed by atoms with Gasteiger partial charge in [0.05, 0.1) is 11.4 Å². The molecule has 30 heavy (non-hydrogen) atoms. The number of halogens is 1. The molecule has 3 aromatic rings. The number of benzene rings is 1. The van der Waals surface area contributed by atoms with Gasteiger partial charge in [-0.2, -0.15) is 5.10 Å². The van der Waals surface area contributed by atoms with Gasteiger partial charge in [0.15, 0.2) is 5.65 Å². The number of rotatable bonds is 3. The van der Waals surface area contributed by atoms with Crippen molar-refractivity contribution in [1.82, 2.24) is 25.4 Å². The fourth-order valence-corrected chi connectivity index (χ4v) is 5.28. The largest absolute Gasteiger partial charge is 0.508 e. The third-order valence-electron chi connectivity index (χ3n) is 6.86. The van der Waals surface area contributed by atoms with E-state index in [2.05, 4.69) is 32.3 Å². The third-order valence-corrected chi connectivity index (χ3v) is 6.86. The predicted molar refractivity (Wildman–Crippen MR) is 115 cm³/mol. The average molecular weight is 410 g/mol. The van der Waals surface area contributed by atoms with Crippen LogP contribution in [0.15, 0.2) is 24.3 Å². The van der Waals surface area contributed by atoms with Crippen LogP contribution in [0, 0.1) is 12.7 Å². The van der Waals surface area contributed by atoms with Crippen LogP contribution in [0.1, 0.15) is 43.9 Å². The normalized spacial score (nSPS) is 21.6. The number of hydrogen-bond donors (Lipinski definition) is 3. The van der Waals surface area contributed by atoms with E-state index in [1.165, 1.54) is 31.7 Å². The summed E-state index contributed by atoms with van der Waals surface area (Å²) in [5, 5.41) is 21.7. The first-order chi connectivity index (χ1) is 14.4. The highest BCUT2D eigenvalue weighted by atomic mass is 19.1. The van der Waals surface area contributed by atoms with Crippen molar-refractivity contribution in [3.63, 3.8) is 0 Å². The Morgan fingerprint density at radius 3 is 2.83 bits per heavy atom.